The lowest BCUT2D eigenvalue weighted by Gasteiger charge is -2.16. The molecule has 1 amide bonds. The van der Waals surface area contributed by atoms with Crippen LogP contribution in [0.3, 0.4) is 0 Å². The molecule has 3 aromatic rings. The lowest BCUT2D eigenvalue weighted by molar-refractivity contribution is -0.137. The molecule has 0 atom stereocenters. The van der Waals surface area contributed by atoms with Gasteiger partial charge in [-0.05, 0) is 44.2 Å². The Balaban J connectivity index is 1.99. The lowest BCUT2D eigenvalue weighted by atomic mass is 10.1. The highest BCUT2D eigenvalue weighted by Crippen LogP contribution is 2.35. The third-order valence-electron chi connectivity index (χ3n) is 4.54. The second-order valence-electron chi connectivity index (χ2n) is 6.44. The highest BCUT2D eigenvalue weighted by molar-refractivity contribution is 6.05. The number of ether oxygens (including phenoxy) is 1. The van der Waals surface area contributed by atoms with E-state index in [1.54, 1.807) is 13.8 Å². The number of carbonyl (C=O) groups excluding carboxylic acids is 1. The van der Waals surface area contributed by atoms with E-state index in [1.807, 2.05) is 0 Å². The van der Waals surface area contributed by atoms with Crippen LogP contribution in [-0.4, -0.2) is 17.6 Å². The van der Waals surface area contributed by atoms with Gasteiger partial charge in [0, 0.05) is 23.1 Å². The Kier molecular flexibility index (Phi) is 5.37. The summed E-state index contributed by atoms with van der Waals surface area (Å²) in [5.41, 5.74) is 0.330. The molecule has 0 saturated carbocycles. The lowest BCUT2D eigenvalue weighted by Crippen LogP contribution is -2.15. The number of para-hydroxylation sites is 1. The van der Waals surface area contributed by atoms with Crippen LogP contribution in [0.5, 0.6) is 5.75 Å². The SMILES string of the molecule is COc1ccc(NC(=O)c2cc(C)n(-c3ccccc3C(F)(F)F)c2C)cc1F. The molecule has 0 aliphatic rings. The molecule has 0 aliphatic carbocycles. The first kappa shape index (κ1) is 20.4. The van der Waals surface area contributed by atoms with Crippen LogP contribution in [0, 0.1) is 19.7 Å². The summed E-state index contributed by atoms with van der Waals surface area (Å²) in [7, 11) is 1.32. The molecule has 0 saturated heterocycles. The normalized spacial score (nSPS) is 11.4. The fourth-order valence-electron chi connectivity index (χ4n) is 3.21. The number of halogens is 4. The molecule has 4 nitrogen and oxygen atoms in total. The quantitative estimate of drug-likeness (QED) is 0.581. The number of rotatable bonds is 4. The van der Waals surface area contributed by atoms with E-state index in [4.69, 9.17) is 4.74 Å². The van der Waals surface area contributed by atoms with E-state index in [0.29, 0.717) is 11.4 Å². The first-order chi connectivity index (χ1) is 13.6. The third-order valence-corrected chi connectivity index (χ3v) is 4.54. The number of amides is 1. The van der Waals surface area contributed by atoms with E-state index in [1.165, 1.54) is 48.1 Å². The molecule has 0 aliphatic heterocycles. The van der Waals surface area contributed by atoms with Crippen molar-refractivity contribution < 1.29 is 27.1 Å². The maximum atomic E-state index is 13.8. The van der Waals surface area contributed by atoms with E-state index in [9.17, 15) is 22.4 Å². The van der Waals surface area contributed by atoms with Gasteiger partial charge in [0.15, 0.2) is 11.6 Å². The van der Waals surface area contributed by atoms with Crippen molar-refractivity contribution in [3.63, 3.8) is 0 Å². The first-order valence-corrected chi connectivity index (χ1v) is 8.64. The molecule has 3 rings (SSSR count). The van der Waals surface area contributed by atoms with Gasteiger partial charge in [-0.3, -0.25) is 4.79 Å². The highest BCUT2D eigenvalue weighted by Gasteiger charge is 2.34. The molecule has 1 N–H and O–H groups in total. The summed E-state index contributed by atoms with van der Waals surface area (Å²) in [6, 6.07) is 10.6. The maximum Gasteiger partial charge on any atom is 0.418 e. The van der Waals surface area contributed by atoms with Crippen molar-refractivity contribution >= 4 is 11.6 Å². The average Bonchev–Trinajstić information content (AvgIpc) is 2.95. The molecule has 0 radical (unpaired) electrons. The van der Waals surface area contributed by atoms with Gasteiger partial charge in [-0.15, -0.1) is 0 Å². The minimum atomic E-state index is -4.54. The van der Waals surface area contributed by atoms with Gasteiger partial charge in [0.05, 0.1) is 23.9 Å². The first-order valence-electron chi connectivity index (χ1n) is 8.64. The zero-order chi connectivity index (χ0) is 21.3. The number of benzene rings is 2. The van der Waals surface area contributed by atoms with Crippen molar-refractivity contribution in [2.24, 2.45) is 0 Å². The Morgan fingerprint density at radius 3 is 2.38 bits per heavy atom. The number of hydrogen-bond acceptors (Lipinski definition) is 2. The van der Waals surface area contributed by atoms with Gasteiger partial charge >= 0.3 is 6.18 Å². The van der Waals surface area contributed by atoms with Gasteiger partial charge in [-0.25, -0.2) is 4.39 Å². The molecule has 1 heterocycles. The number of aryl methyl sites for hydroxylation is 1. The molecule has 0 unspecified atom stereocenters. The van der Waals surface area contributed by atoms with Crippen LogP contribution in [0.4, 0.5) is 23.2 Å². The summed E-state index contributed by atoms with van der Waals surface area (Å²) in [4.78, 5) is 12.7. The Morgan fingerprint density at radius 1 is 1.07 bits per heavy atom. The van der Waals surface area contributed by atoms with Crippen molar-refractivity contribution in [3.05, 3.63) is 76.9 Å². The van der Waals surface area contributed by atoms with Crippen LogP contribution >= 0.6 is 0 Å². The van der Waals surface area contributed by atoms with Crippen LogP contribution < -0.4 is 10.1 Å². The van der Waals surface area contributed by atoms with E-state index in [2.05, 4.69) is 5.32 Å². The number of carbonyl (C=O) groups is 1. The van der Waals surface area contributed by atoms with Crippen LogP contribution in [0.15, 0.2) is 48.5 Å². The molecule has 1 aromatic heterocycles. The zero-order valence-corrected chi connectivity index (χ0v) is 15.9. The van der Waals surface area contributed by atoms with Crippen molar-refractivity contribution in [3.8, 4) is 11.4 Å². The smallest absolute Gasteiger partial charge is 0.418 e. The number of nitrogens with zero attached hydrogens (tertiary/aromatic N) is 1. The number of hydrogen-bond donors (Lipinski definition) is 1. The highest BCUT2D eigenvalue weighted by atomic mass is 19.4. The zero-order valence-electron chi connectivity index (χ0n) is 15.9. The van der Waals surface area contributed by atoms with Gasteiger partial charge in [-0.1, -0.05) is 12.1 Å². The second-order valence-corrected chi connectivity index (χ2v) is 6.44. The average molecular weight is 406 g/mol. The van der Waals surface area contributed by atoms with Gasteiger partial charge in [-0.2, -0.15) is 13.2 Å². The van der Waals surface area contributed by atoms with E-state index >= 15 is 0 Å². The molecule has 0 fully saturated rings. The van der Waals surface area contributed by atoms with Crippen LogP contribution in [-0.2, 0) is 6.18 Å². The number of nitrogens with one attached hydrogen (secondary N) is 1. The predicted octanol–water partition coefficient (Wildman–Crippen LogP) is 5.51. The Labute approximate surface area is 164 Å². The minimum Gasteiger partial charge on any atom is -0.494 e. The molecule has 152 valence electrons. The largest absolute Gasteiger partial charge is 0.494 e. The van der Waals surface area contributed by atoms with Gasteiger partial charge in [0.2, 0.25) is 0 Å². The van der Waals surface area contributed by atoms with E-state index < -0.39 is 23.5 Å². The molecular weight excluding hydrogens is 388 g/mol. The molecule has 2 aromatic carbocycles. The predicted molar refractivity (Wildman–Crippen MR) is 101 cm³/mol. The molecule has 0 spiro atoms. The molecule has 8 heteroatoms. The van der Waals surface area contributed by atoms with E-state index in [-0.39, 0.29) is 22.7 Å². The van der Waals surface area contributed by atoms with Crippen molar-refractivity contribution in [2.45, 2.75) is 20.0 Å². The summed E-state index contributed by atoms with van der Waals surface area (Å²) < 4.78 is 60.3. The fourth-order valence-corrected chi connectivity index (χ4v) is 3.21. The van der Waals surface area contributed by atoms with Crippen molar-refractivity contribution in [1.29, 1.82) is 0 Å². The minimum absolute atomic E-state index is 0.0323. The third kappa shape index (κ3) is 3.96. The van der Waals surface area contributed by atoms with Crippen LogP contribution in [0.1, 0.15) is 27.3 Å². The van der Waals surface area contributed by atoms with Crippen LogP contribution in [0.25, 0.3) is 5.69 Å². The van der Waals surface area contributed by atoms with Crippen molar-refractivity contribution in [1.82, 2.24) is 4.57 Å². The van der Waals surface area contributed by atoms with Gasteiger partial charge in [0.25, 0.3) is 5.91 Å². The summed E-state index contributed by atoms with van der Waals surface area (Å²) in [6.07, 6.45) is -4.54. The standard InChI is InChI=1S/C21H18F4N2O2/c1-12-10-15(20(28)26-14-8-9-19(29-3)17(22)11-14)13(2)27(12)18-7-5-4-6-16(18)21(23,24)25/h4-11H,1-3H3,(H,26,28). The number of alkyl halides is 3. The number of methoxy groups -OCH3 is 1. The molecule has 0 bridgehead atoms. The number of anilines is 1. The summed E-state index contributed by atoms with van der Waals surface area (Å²) >= 11 is 0. The van der Waals surface area contributed by atoms with Crippen LogP contribution in [0.2, 0.25) is 0 Å². The van der Waals surface area contributed by atoms with Gasteiger partial charge in [0.1, 0.15) is 0 Å². The second kappa shape index (κ2) is 7.62. The fraction of sp³-hybridized carbons (Fsp3) is 0.190. The van der Waals surface area contributed by atoms with E-state index in [0.717, 1.165) is 12.1 Å². The maximum absolute atomic E-state index is 13.8. The Morgan fingerprint density at radius 2 is 1.76 bits per heavy atom. The summed E-state index contributed by atoms with van der Waals surface area (Å²) in [5.74, 6) is -1.17. The molecule has 29 heavy (non-hydrogen) atoms. The monoisotopic (exact) mass is 406 g/mol. The Bertz CT molecular complexity index is 1070. The van der Waals surface area contributed by atoms with Crippen molar-refractivity contribution in [2.75, 3.05) is 12.4 Å². The number of aromatic nitrogens is 1. The van der Waals surface area contributed by atoms with Gasteiger partial charge < -0.3 is 14.6 Å². The Hall–Kier alpha value is -3.29. The summed E-state index contributed by atoms with van der Waals surface area (Å²) in [5, 5.41) is 2.56. The molecular formula is C21H18F4N2O2. The topological polar surface area (TPSA) is 43.3 Å². The summed E-state index contributed by atoms with van der Waals surface area (Å²) in [6.45, 7) is 3.17.